The van der Waals surface area contributed by atoms with E-state index < -0.39 is 15.9 Å². The zero-order valence-corrected chi connectivity index (χ0v) is 19.0. The summed E-state index contributed by atoms with van der Waals surface area (Å²) < 4.78 is 27.3. The van der Waals surface area contributed by atoms with Gasteiger partial charge in [0.15, 0.2) is 0 Å². The number of carbonyl (C=O) groups is 2. The van der Waals surface area contributed by atoms with E-state index in [1.54, 1.807) is 38.1 Å². The van der Waals surface area contributed by atoms with Crippen LogP contribution in [0.2, 0.25) is 0 Å². The molecule has 1 aliphatic heterocycles. The first-order valence-electron chi connectivity index (χ1n) is 10.5. The number of hydrogen-bond acceptors (Lipinski definition) is 4. The number of amides is 2. The summed E-state index contributed by atoms with van der Waals surface area (Å²) in [6.45, 7) is 6.47. The van der Waals surface area contributed by atoms with E-state index in [1.807, 2.05) is 13.0 Å². The average Bonchev–Trinajstić information content (AvgIpc) is 2.76. The predicted molar refractivity (Wildman–Crippen MR) is 122 cm³/mol. The third kappa shape index (κ3) is 5.51. The molecule has 31 heavy (non-hydrogen) atoms. The van der Waals surface area contributed by atoms with Crippen molar-refractivity contribution in [3.8, 4) is 0 Å². The lowest BCUT2D eigenvalue weighted by atomic mass is 10.1. The van der Waals surface area contributed by atoms with Gasteiger partial charge in [0.1, 0.15) is 0 Å². The molecule has 2 aromatic rings. The lowest BCUT2D eigenvalue weighted by Gasteiger charge is -2.26. The van der Waals surface area contributed by atoms with Gasteiger partial charge < -0.3 is 10.6 Å². The minimum atomic E-state index is -3.62. The summed E-state index contributed by atoms with van der Waals surface area (Å²) in [7, 11) is -3.62. The molecule has 0 spiro atoms. The van der Waals surface area contributed by atoms with Crippen LogP contribution in [0.1, 0.15) is 49.0 Å². The Morgan fingerprint density at radius 1 is 0.968 bits per heavy atom. The number of piperidine rings is 1. The summed E-state index contributed by atoms with van der Waals surface area (Å²) in [5.41, 5.74) is 2.22. The van der Waals surface area contributed by atoms with Gasteiger partial charge in [-0.05, 0) is 55.7 Å². The van der Waals surface area contributed by atoms with Gasteiger partial charge in [-0.2, -0.15) is 4.31 Å². The third-order valence-electron chi connectivity index (χ3n) is 5.33. The number of benzene rings is 2. The van der Waals surface area contributed by atoms with Crippen LogP contribution in [0.4, 0.5) is 11.4 Å². The van der Waals surface area contributed by atoms with Crippen LogP contribution in [-0.2, 0) is 14.8 Å². The Morgan fingerprint density at radius 3 is 2.35 bits per heavy atom. The second kappa shape index (κ2) is 9.62. The van der Waals surface area contributed by atoms with Gasteiger partial charge in [0.25, 0.3) is 5.91 Å². The first-order valence-corrected chi connectivity index (χ1v) is 12.0. The summed E-state index contributed by atoms with van der Waals surface area (Å²) in [4.78, 5) is 24.9. The molecule has 7 nitrogen and oxygen atoms in total. The lowest BCUT2D eigenvalue weighted by Crippen LogP contribution is -2.35. The largest absolute Gasteiger partial charge is 0.326 e. The highest BCUT2D eigenvalue weighted by Gasteiger charge is 2.26. The van der Waals surface area contributed by atoms with E-state index in [2.05, 4.69) is 10.6 Å². The predicted octanol–water partition coefficient (Wildman–Crippen LogP) is 4.02. The van der Waals surface area contributed by atoms with Gasteiger partial charge in [-0.15, -0.1) is 0 Å². The first kappa shape index (κ1) is 23.0. The normalized spacial score (nSPS) is 15.0. The van der Waals surface area contributed by atoms with E-state index in [9.17, 15) is 18.0 Å². The van der Waals surface area contributed by atoms with Crippen molar-refractivity contribution in [3.63, 3.8) is 0 Å². The summed E-state index contributed by atoms with van der Waals surface area (Å²) >= 11 is 0. The summed E-state index contributed by atoms with van der Waals surface area (Å²) in [6, 6.07) is 11.4. The smallest absolute Gasteiger partial charge is 0.255 e. The fourth-order valence-electron chi connectivity index (χ4n) is 3.37. The van der Waals surface area contributed by atoms with Crippen molar-refractivity contribution in [1.29, 1.82) is 0 Å². The van der Waals surface area contributed by atoms with Crippen LogP contribution in [0.15, 0.2) is 47.4 Å². The molecule has 0 radical (unpaired) electrons. The average molecular weight is 444 g/mol. The van der Waals surface area contributed by atoms with Crippen molar-refractivity contribution in [3.05, 3.63) is 53.6 Å². The summed E-state index contributed by atoms with van der Waals surface area (Å²) in [5.74, 6) is -0.688. The number of sulfonamides is 1. The van der Waals surface area contributed by atoms with Crippen LogP contribution in [0.5, 0.6) is 0 Å². The molecule has 1 heterocycles. The zero-order valence-electron chi connectivity index (χ0n) is 18.1. The van der Waals surface area contributed by atoms with Crippen molar-refractivity contribution in [2.45, 2.75) is 44.9 Å². The fourth-order valence-corrected chi connectivity index (χ4v) is 4.93. The van der Waals surface area contributed by atoms with Gasteiger partial charge in [0, 0.05) is 35.9 Å². The van der Waals surface area contributed by atoms with Crippen LogP contribution >= 0.6 is 0 Å². The van der Waals surface area contributed by atoms with E-state index in [-0.39, 0.29) is 22.3 Å². The van der Waals surface area contributed by atoms with Gasteiger partial charge in [-0.25, -0.2) is 8.42 Å². The molecule has 2 aromatic carbocycles. The fraction of sp³-hybridized carbons (Fsp3) is 0.391. The molecule has 166 valence electrons. The number of hydrogen-bond donors (Lipinski definition) is 2. The van der Waals surface area contributed by atoms with Crippen LogP contribution < -0.4 is 10.6 Å². The van der Waals surface area contributed by atoms with E-state index in [0.717, 1.165) is 24.8 Å². The Bertz CT molecular complexity index is 1070. The summed E-state index contributed by atoms with van der Waals surface area (Å²) in [5, 5.41) is 5.64. The molecule has 2 N–H and O–H groups in total. The topological polar surface area (TPSA) is 95.6 Å². The minimum absolute atomic E-state index is 0.114. The van der Waals surface area contributed by atoms with Crippen LogP contribution in [0.3, 0.4) is 0 Å². The van der Waals surface area contributed by atoms with Gasteiger partial charge >= 0.3 is 0 Å². The minimum Gasteiger partial charge on any atom is -0.326 e. The molecular weight excluding hydrogens is 414 g/mol. The van der Waals surface area contributed by atoms with Gasteiger partial charge in [-0.3, -0.25) is 9.59 Å². The van der Waals surface area contributed by atoms with E-state index in [1.165, 1.54) is 16.4 Å². The molecule has 1 saturated heterocycles. The molecule has 8 heteroatoms. The third-order valence-corrected chi connectivity index (χ3v) is 7.22. The molecular formula is C23H29N3O4S. The second-order valence-electron chi connectivity index (χ2n) is 8.12. The SMILES string of the molecule is Cc1ccc(NC(=O)C(C)C)cc1NC(=O)c1cccc(S(=O)(=O)N2CCCCC2)c1. The maximum atomic E-state index is 12.9. The molecule has 2 amide bonds. The van der Waals surface area contributed by atoms with Crippen molar-refractivity contribution in [2.24, 2.45) is 5.92 Å². The molecule has 0 unspecified atom stereocenters. The molecule has 0 saturated carbocycles. The zero-order chi connectivity index (χ0) is 22.6. The van der Waals surface area contributed by atoms with E-state index in [0.29, 0.717) is 24.5 Å². The summed E-state index contributed by atoms with van der Waals surface area (Å²) in [6.07, 6.45) is 2.73. The number of nitrogens with zero attached hydrogens (tertiary/aromatic N) is 1. The van der Waals surface area contributed by atoms with Crippen LogP contribution in [0, 0.1) is 12.8 Å². The number of rotatable bonds is 6. The van der Waals surface area contributed by atoms with Crippen molar-refractivity contribution >= 4 is 33.2 Å². The van der Waals surface area contributed by atoms with Crippen molar-refractivity contribution in [1.82, 2.24) is 4.31 Å². The van der Waals surface area contributed by atoms with Gasteiger partial charge in [-0.1, -0.05) is 32.4 Å². The monoisotopic (exact) mass is 443 g/mol. The highest BCUT2D eigenvalue weighted by molar-refractivity contribution is 7.89. The molecule has 0 aromatic heterocycles. The van der Waals surface area contributed by atoms with E-state index in [4.69, 9.17) is 0 Å². The first-order chi connectivity index (χ1) is 14.7. The number of nitrogens with one attached hydrogen (secondary N) is 2. The van der Waals surface area contributed by atoms with Gasteiger partial charge in [0.2, 0.25) is 15.9 Å². The number of anilines is 2. The Morgan fingerprint density at radius 2 is 1.68 bits per heavy atom. The number of aryl methyl sites for hydroxylation is 1. The highest BCUT2D eigenvalue weighted by atomic mass is 32.2. The Hall–Kier alpha value is -2.71. The quantitative estimate of drug-likeness (QED) is 0.705. The van der Waals surface area contributed by atoms with Crippen LogP contribution in [0.25, 0.3) is 0 Å². The second-order valence-corrected chi connectivity index (χ2v) is 10.1. The van der Waals surface area contributed by atoms with Crippen molar-refractivity contribution in [2.75, 3.05) is 23.7 Å². The molecule has 0 bridgehead atoms. The maximum Gasteiger partial charge on any atom is 0.255 e. The number of carbonyl (C=O) groups excluding carboxylic acids is 2. The Labute approximate surface area is 183 Å². The standard InChI is InChI=1S/C23H29N3O4S/c1-16(2)22(27)24-19-11-10-17(3)21(15-19)25-23(28)18-8-7-9-20(14-18)31(29,30)26-12-5-4-6-13-26/h7-11,14-16H,4-6,12-13H2,1-3H3,(H,24,27)(H,25,28). The molecule has 1 fully saturated rings. The lowest BCUT2D eigenvalue weighted by molar-refractivity contribution is -0.118. The van der Waals surface area contributed by atoms with E-state index >= 15 is 0 Å². The molecule has 3 rings (SSSR count). The van der Waals surface area contributed by atoms with Crippen LogP contribution in [-0.4, -0.2) is 37.6 Å². The Balaban J connectivity index is 1.80. The van der Waals surface area contributed by atoms with Crippen molar-refractivity contribution < 1.29 is 18.0 Å². The molecule has 0 aliphatic carbocycles. The molecule has 1 aliphatic rings. The highest BCUT2D eigenvalue weighted by Crippen LogP contribution is 2.24. The van der Waals surface area contributed by atoms with Gasteiger partial charge in [0.05, 0.1) is 4.90 Å². The maximum absolute atomic E-state index is 12.9. The molecule has 0 atom stereocenters. The Kier molecular flexibility index (Phi) is 7.12.